The van der Waals surface area contributed by atoms with Crippen molar-refractivity contribution in [2.75, 3.05) is 33.8 Å². The summed E-state index contributed by atoms with van der Waals surface area (Å²) < 4.78 is 5.50. The Labute approximate surface area is 147 Å². The molecule has 0 bridgehead atoms. The number of amides is 1. The highest BCUT2D eigenvalue weighted by atomic mass is 35.5. The summed E-state index contributed by atoms with van der Waals surface area (Å²) in [4.78, 5) is 17.0. The number of hydrogen-bond donors (Lipinski definition) is 0. The first kappa shape index (κ1) is 16.8. The highest BCUT2D eigenvalue weighted by molar-refractivity contribution is 6.30. The van der Waals surface area contributed by atoms with Gasteiger partial charge in [-0.1, -0.05) is 35.9 Å². The zero-order valence-corrected chi connectivity index (χ0v) is 14.7. The van der Waals surface area contributed by atoms with Gasteiger partial charge in [0.2, 0.25) is 0 Å². The van der Waals surface area contributed by atoms with Crippen LogP contribution in [0.1, 0.15) is 22.0 Å². The van der Waals surface area contributed by atoms with E-state index < -0.39 is 0 Å². The zero-order valence-electron chi connectivity index (χ0n) is 13.9. The smallest absolute Gasteiger partial charge is 0.254 e. The second-order valence-electron chi connectivity index (χ2n) is 6.00. The molecule has 1 aliphatic rings. The molecule has 4 nitrogen and oxygen atoms in total. The van der Waals surface area contributed by atoms with E-state index in [0.29, 0.717) is 23.7 Å². The Balaban J connectivity index is 1.84. The average Bonchev–Trinajstić information content (AvgIpc) is 2.61. The van der Waals surface area contributed by atoms with E-state index in [9.17, 15) is 4.79 Å². The first-order chi connectivity index (χ1) is 11.6. The first-order valence-corrected chi connectivity index (χ1v) is 8.36. The minimum Gasteiger partial charge on any atom is -0.496 e. The van der Waals surface area contributed by atoms with Crippen LogP contribution in [0.4, 0.5) is 0 Å². The van der Waals surface area contributed by atoms with Gasteiger partial charge in [-0.2, -0.15) is 0 Å². The predicted octanol–water partition coefficient (Wildman–Crippen LogP) is 3.48. The molecule has 2 aromatic rings. The highest BCUT2D eigenvalue weighted by Crippen LogP contribution is 2.31. The molecule has 1 heterocycles. The number of benzene rings is 2. The SMILES string of the molecule is COc1ccccc1C1CN(C(=O)c2cccc(Cl)c2)CCN1C. The first-order valence-electron chi connectivity index (χ1n) is 7.98. The van der Waals surface area contributed by atoms with E-state index in [4.69, 9.17) is 16.3 Å². The van der Waals surface area contributed by atoms with Crippen LogP contribution in [-0.4, -0.2) is 49.5 Å². The van der Waals surface area contributed by atoms with E-state index in [0.717, 1.165) is 17.9 Å². The quantitative estimate of drug-likeness (QED) is 0.854. The van der Waals surface area contributed by atoms with Crippen LogP contribution in [0.3, 0.4) is 0 Å². The molecule has 0 spiro atoms. The van der Waals surface area contributed by atoms with Gasteiger partial charge in [-0.15, -0.1) is 0 Å². The Morgan fingerprint density at radius 1 is 1.17 bits per heavy atom. The molecule has 5 heteroatoms. The molecule has 126 valence electrons. The van der Waals surface area contributed by atoms with Gasteiger partial charge in [0.05, 0.1) is 13.2 Å². The zero-order chi connectivity index (χ0) is 17.1. The van der Waals surface area contributed by atoms with Crippen molar-refractivity contribution < 1.29 is 9.53 Å². The number of piperazine rings is 1. The number of rotatable bonds is 3. The maximum Gasteiger partial charge on any atom is 0.254 e. The number of para-hydroxylation sites is 1. The Bertz CT molecular complexity index is 735. The number of ether oxygens (including phenoxy) is 1. The molecule has 3 rings (SSSR count). The van der Waals surface area contributed by atoms with Crippen LogP contribution in [-0.2, 0) is 0 Å². The molecule has 1 amide bonds. The Hall–Kier alpha value is -2.04. The summed E-state index contributed by atoms with van der Waals surface area (Å²) in [5.41, 5.74) is 1.73. The number of likely N-dealkylation sites (N-methyl/N-ethyl adjacent to an activating group) is 1. The standard InChI is InChI=1S/C19H21ClN2O2/c1-21-10-11-22(19(23)14-6-5-7-15(20)12-14)13-17(21)16-8-3-4-9-18(16)24-2/h3-9,12,17H,10-11,13H2,1-2H3. The fraction of sp³-hybridized carbons (Fsp3) is 0.316. The monoisotopic (exact) mass is 344 g/mol. The summed E-state index contributed by atoms with van der Waals surface area (Å²) in [5.74, 6) is 0.872. The molecular weight excluding hydrogens is 324 g/mol. The van der Waals surface area contributed by atoms with Crippen LogP contribution < -0.4 is 4.74 Å². The third-order valence-corrected chi connectivity index (χ3v) is 4.74. The van der Waals surface area contributed by atoms with Crippen molar-refractivity contribution in [3.05, 3.63) is 64.7 Å². The third kappa shape index (κ3) is 3.40. The number of hydrogen-bond acceptors (Lipinski definition) is 3. The molecule has 0 N–H and O–H groups in total. The van der Waals surface area contributed by atoms with Crippen LogP contribution >= 0.6 is 11.6 Å². The van der Waals surface area contributed by atoms with E-state index in [1.165, 1.54) is 0 Å². The van der Waals surface area contributed by atoms with Gasteiger partial charge in [0.1, 0.15) is 5.75 Å². The van der Waals surface area contributed by atoms with E-state index in [1.54, 1.807) is 19.2 Å². The molecule has 1 aliphatic heterocycles. The summed E-state index contributed by atoms with van der Waals surface area (Å²) in [5, 5.41) is 0.580. The fourth-order valence-electron chi connectivity index (χ4n) is 3.14. The summed E-state index contributed by atoms with van der Waals surface area (Å²) >= 11 is 6.02. The minimum atomic E-state index is 0.0190. The van der Waals surface area contributed by atoms with E-state index in [-0.39, 0.29) is 11.9 Å². The molecule has 0 aliphatic carbocycles. The van der Waals surface area contributed by atoms with E-state index in [1.807, 2.05) is 35.2 Å². The summed E-state index contributed by atoms with van der Waals surface area (Å²) in [6.07, 6.45) is 0. The molecule has 1 atom stereocenters. The molecule has 24 heavy (non-hydrogen) atoms. The van der Waals surface area contributed by atoms with Gasteiger partial charge in [-0.05, 0) is 31.3 Å². The molecule has 0 saturated carbocycles. The van der Waals surface area contributed by atoms with E-state index >= 15 is 0 Å². The lowest BCUT2D eigenvalue weighted by atomic mass is 10.0. The van der Waals surface area contributed by atoms with Gasteiger partial charge in [-0.25, -0.2) is 0 Å². The van der Waals surface area contributed by atoms with Gasteiger partial charge in [-0.3, -0.25) is 9.69 Å². The number of carbonyl (C=O) groups is 1. The molecule has 1 fully saturated rings. The number of halogens is 1. The van der Waals surface area contributed by atoms with Crippen LogP contribution in [0.25, 0.3) is 0 Å². The van der Waals surface area contributed by atoms with Crippen molar-refractivity contribution in [3.63, 3.8) is 0 Å². The van der Waals surface area contributed by atoms with Crippen molar-refractivity contribution in [3.8, 4) is 5.75 Å². The second-order valence-corrected chi connectivity index (χ2v) is 6.44. The van der Waals surface area contributed by atoms with Crippen LogP contribution in [0.2, 0.25) is 5.02 Å². The predicted molar refractivity (Wildman–Crippen MR) is 95.7 cm³/mol. The highest BCUT2D eigenvalue weighted by Gasteiger charge is 2.30. The lowest BCUT2D eigenvalue weighted by Crippen LogP contribution is -2.49. The molecule has 1 unspecified atom stereocenters. The average molecular weight is 345 g/mol. The van der Waals surface area contributed by atoms with Gasteiger partial charge in [0, 0.05) is 35.8 Å². The summed E-state index contributed by atoms with van der Waals surface area (Å²) in [6.45, 7) is 2.14. The van der Waals surface area contributed by atoms with Crippen molar-refractivity contribution in [2.24, 2.45) is 0 Å². The molecule has 2 aromatic carbocycles. The Kier molecular flexibility index (Phi) is 5.07. The molecule has 1 saturated heterocycles. The van der Waals surface area contributed by atoms with E-state index in [2.05, 4.69) is 18.0 Å². The van der Waals surface area contributed by atoms with Gasteiger partial charge >= 0.3 is 0 Å². The summed E-state index contributed by atoms with van der Waals surface area (Å²) in [7, 11) is 3.76. The molecule has 0 radical (unpaired) electrons. The second kappa shape index (κ2) is 7.24. The van der Waals surface area contributed by atoms with Crippen LogP contribution in [0.5, 0.6) is 5.75 Å². The van der Waals surface area contributed by atoms with Crippen LogP contribution in [0, 0.1) is 0 Å². The van der Waals surface area contributed by atoms with Gasteiger partial charge < -0.3 is 9.64 Å². The number of carbonyl (C=O) groups excluding carboxylic acids is 1. The van der Waals surface area contributed by atoms with Crippen molar-refractivity contribution in [2.45, 2.75) is 6.04 Å². The van der Waals surface area contributed by atoms with Gasteiger partial charge in [0.25, 0.3) is 5.91 Å². The normalized spacial score (nSPS) is 18.5. The van der Waals surface area contributed by atoms with Crippen molar-refractivity contribution in [1.29, 1.82) is 0 Å². The van der Waals surface area contributed by atoms with Crippen LogP contribution in [0.15, 0.2) is 48.5 Å². The number of methoxy groups -OCH3 is 1. The van der Waals surface area contributed by atoms with Crippen molar-refractivity contribution >= 4 is 17.5 Å². The Morgan fingerprint density at radius 2 is 1.96 bits per heavy atom. The Morgan fingerprint density at radius 3 is 2.71 bits per heavy atom. The lowest BCUT2D eigenvalue weighted by molar-refractivity contribution is 0.0542. The maximum absolute atomic E-state index is 12.8. The third-order valence-electron chi connectivity index (χ3n) is 4.50. The maximum atomic E-state index is 12.8. The minimum absolute atomic E-state index is 0.0190. The largest absolute Gasteiger partial charge is 0.496 e. The molecule has 0 aromatic heterocycles. The fourth-order valence-corrected chi connectivity index (χ4v) is 3.33. The number of nitrogens with zero attached hydrogens (tertiary/aromatic N) is 2. The molecular formula is C19H21ClN2O2. The lowest BCUT2D eigenvalue weighted by Gasteiger charge is -2.40. The topological polar surface area (TPSA) is 32.8 Å². The summed E-state index contributed by atoms with van der Waals surface area (Å²) in [6, 6.07) is 15.2. The van der Waals surface area contributed by atoms with Crippen molar-refractivity contribution in [1.82, 2.24) is 9.80 Å². The van der Waals surface area contributed by atoms with Gasteiger partial charge in [0.15, 0.2) is 0 Å².